The van der Waals surface area contributed by atoms with Crippen molar-refractivity contribution in [1.82, 2.24) is 0 Å². The van der Waals surface area contributed by atoms with Gasteiger partial charge in [0.05, 0.1) is 0 Å². The Morgan fingerprint density at radius 2 is 1.31 bits per heavy atom. The molecule has 0 heterocycles. The van der Waals surface area contributed by atoms with Crippen LogP contribution in [0.4, 0.5) is 0 Å². The highest BCUT2D eigenvalue weighted by Gasteiger charge is 2.35. The second-order valence-electron chi connectivity index (χ2n) is 7.57. The SMILES string of the molecule is CCCCCCCCCCCCCCC(Cl)(Cc1ccccc1)C(=O)O. The summed E-state index contributed by atoms with van der Waals surface area (Å²) in [4.78, 5) is 10.5. The van der Waals surface area contributed by atoms with Crippen LogP contribution in [0, 0.1) is 0 Å². The molecule has 1 aromatic carbocycles. The van der Waals surface area contributed by atoms with Gasteiger partial charge in [-0.05, 0) is 12.0 Å². The summed E-state index contributed by atoms with van der Waals surface area (Å²) in [6, 6.07) is 9.69. The largest absolute Gasteiger partial charge is 0.480 e. The Bertz CT molecular complexity index is 474. The van der Waals surface area contributed by atoms with Crippen LogP contribution in [0.1, 0.15) is 96.0 Å². The lowest BCUT2D eigenvalue weighted by atomic mass is 9.92. The van der Waals surface area contributed by atoms with Crippen molar-refractivity contribution in [2.45, 2.75) is 102 Å². The topological polar surface area (TPSA) is 37.3 Å². The third-order valence-corrected chi connectivity index (χ3v) is 5.62. The average molecular weight is 381 g/mol. The molecule has 26 heavy (non-hydrogen) atoms. The highest BCUT2D eigenvalue weighted by Crippen LogP contribution is 2.28. The fraction of sp³-hybridized carbons (Fsp3) is 0.696. The predicted octanol–water partition coefficient (Wildman–Crippen LogP) is 7.38. The summed E-state index contributed by atoms with van der Waals surface area (Å²) < 4.78 is 0. The van der Waals surface area contributed by atoms with Gasteiger partial charge >= 0.3 is 5.97 Å². The molecular formula is C23H37ClO2. The smallest absolute Gasteiger partial charge is 0.325 e. The van der Waals surface area contributed by atoms with E-state index in [4.69, 9.17) is 11.6 Å². The summed E-state index contributed by atoms with van der Waals surface area (Å²) in [6.07, 6.45) is 16.2. The molecule has 0 radical (unpaired) electrons. The summed E-state index contributed by atoms with van der Waals surface area (Å²) in [5.41, 5.74) is 0.990. The molecular weight excluding hydrogens is 344 g/mol. The summed E-state index contributed by atoms with van der Waals surface area (Å²) in [7, 11) is 0. The summed E-state index contributed by atoms with van der Waals surface area (Å²) in [5.74, 6) is -0.897. The van der Waals surface area contributed by atoms with Crippen LogP contribution in [-0.2, 0) is 11.2 Å². The predicted molar refractivity (Wildman–Crippen MR) is 112 cm³/mol. The Morgan fingerprint density at radius 3 is 1.77 bits per heavy atom. The number of carboxylic acids is 1. The van der Waals surface area contributed by atoms with Gasteiger partial charge in [-0.15, -0.1) is 11.6 Å². The van der Waals surface area contributed by atoms with E-state index in [1.165, 1.54) is 64.2 Å². The molecule has 0 spiro atoms. The zero-order valence-electron chi connectivity index (χ0n) is 16.5. The van der Waals surface area contributed by atoms with Crippen LogP contribution in [0.25, 0.3) is 0 Å². The first-order chi connectivity index (χ1) is 12.6. The molecule has 0 saturated heterocycles. The van der Waals surface area contributed by atoms with E-state index in [0.29, 0.717) is 12.8 Å². The highest BCUT2D eigenvalue weighted by molar-refractivity contribution is 6.33. The molecule has 0 aliphatic rings. The number of hydrogen-bond donors (Lipinski definition) is 1. The number of aliphatic carboxylic acids is 1. The molecule has 0 fully saturated rings. The lowest BCUT2D eigenvalue weighted by Gasteiger charge is -2.22. The first-order valence-electron chi connectivity index (χ1n) is 10.5. The van der Waals surface area contributed by atoms with Gasteiger partial charge in [-0.2, -0.15) is 0 Å². The van der Waals surface area contributed by atoms with Gasteiger partial charge in [-0.1, -0.05) is 114 Å². The van der Waals surface area contributed by atoms with E-state index in [2.05, 4.69) is 6.92 Å². The first-order valence-corrected chi connectivity index (χ1v) is 10.9. The Kier molecular flexibility index (Phi) is 12.5. The maximum absolute atomic E-state index is 11.6. The Morgan fingerprint density at radius 1 is 0.846 bits per heavy atom. The van der Waals surface area contributed by atoms with Gasteiger partial charge in [0.1, 0.15) is 4.87 Å². The van der Waals surface area contributed by atoms with Gasteiger partial charge in [0.15, 0.2) is 0 Å². The number of carbonyl (C=O) groups is 1. The number of alkyl halides is 1. The number of halogens is 1. The van der Waals surface area contributed by atoms with Crippen molar-refractivity contribution in [2.75, 3.05) is 0 Å². The maximum Gasteiger partial charge on any atom is 0.325 e. The third-order valence-electron chi connectivity index (χ3n) is 5.14. The first kappa shape index (κ1) is 23.0. The molecule has 0 aliphatic carbocycles. The molecule has 148 valence electrons. The van der Waals surface area contributed by atoms with Gasteiger partial charge in [-0.3, -0.25) is 4.79 Å². The zero-order valence-corrected chi connectivity index (χ0v) is 17.3. The van der Waals surface area contributed by atoms with E-state index in [-0.39, 0.29) is 0 Å². The molecule has 1 aromatic rings. The number of unbranched alkanes of at least 4 members (excludes halogenated alkanes) is 11. The average Bonchev–Trinajstić information content (AvgIpc) is 2.63. The van der Waals surface area contributed by atoms with Gasteiger partial charge in [-0.25, -0.2) is 0 Å². The number of rotatable bonds is 16. The highest BCUT2D eigenvalue weighted by atomic mass is 35.5. The Hall–Kier alpha value is -1.02. The minimum absolute atomic E-state index is 0.392. The van der Waals surface area contributed by atoms with Crippen molar-refractivity contribution >= 4 is 17.6 Å². The monoisotopic (exact) mass is 380 g/mol. The Labute approximate surface area is 165 Å². The number of benzene rings is 1. The van der Waals surface area contributed by atoms with Crippen LogP contribution in [0.2, 0.25) is 0 Å². The maximum atomic E-state index is 11.6. The van der Waals surface area contributed by atoms with E-state index in [9.17, 15) is 9.90 Å². The molecule has 0 aliphatic heterocycles. The molecule has 0 saturated carbocycles. The fourth-order valence-corrected chi connectivity index (χ4v) is 3.72. The van der Waals surface area contributed by atoms with Crippen LogP contribution >= 0.6 is 11.6 Å². The van der Waals surface area contributed by atoms with E-state index in [1.54, 1.807) is 0 Å². The van der Waals surface area contributed by atoms with Crippen molar-refractivity contribution in [3.8, 4) is 0 Å². The molecule has 2 nitrogen and oxygen atoms in total. The van der Waals surface area contributed by atoms with E-state index < -0.39 is 10.8 Å². The number of carboxylic acid groups (broad SMARTS) is 1. The molecule has 1 atom stereocenters. The molecule has 1 unspecified atom stereocenters. The summed E-state index contributed by atoms with van der Waals surface area (Å²) in [6.45, 7) is 2.26. The lowest BCUT2D eigenvalue weighted by molar-refractivity contribution is -0.140. The van der Waals surface area contributed by atoms with Crippen molar-refractivity contribution in [3.63, 3.8) is 0 Å². The van der Waals surface area contributed by atoms with E-state index >= 15 is 0 Å². The van der Waals surface area contributed by atoms with Crippen molar-refractivity contribution in [3.05, 3.63) is 35.9 Å². The number of hydrogen-bond acceptors (Lipinski definition) is 1. The second kappa shape index (κ2) is 14.1. The fourth-order valence-electron chi connectivity index (χ4n) is 3.44. The minimum Gasteiger partial charge on any atom is -0.480 e. The molecule has 1 rings (SSSR count). The van der Waals surface area contributed by atoms with E-state index in [0.717, 1.165) is 18.4 Å². The van der Waals surface area contributed by atoms with Crippen molar-refractivity contribution in [1.29, 1.82) is 0 Å². The molecule has 0 amide bonds. The van der Waals surface area contributed by atoms with Crippen molar-refractivity contribution in [2.24, 2.45) is 0 Å². The normalized spacial score (nSPS) is 13.5. The quantitative estimate of drug-likeness (QED) is 0.240. The van der Waals surface area contributed by atoms with Crippen LogP contribution < -0.4 is 0 Å². The second-order valence-corrected chi connectivity index (χ2v) is 8.30. The van der Waals surface area contributed by atoms with Crippen LogP contribution in [0.3, 0.4) is 0 Å². The Balaban J connectivity index is 2.10. The van der Waals surface area contributed by atoms with Gasteiger partial charge in [0.25, 0.3) is 0 Å². The molecule has 1 N–H and O–H groups in total. The molecule has 0 aromatic heterocycles. The van der Waals surface area contributed by atoms with Crippen LogP contribution in [0.5, 0.6) is 0 Å². The molecule has 0 bridgehead atoms. The third kappa shape index (κ3) is 10.2. The van der Waals surface area contributed by atoms with E-state index in [1.807, 2.05) is 30.3 Å². The summed E-state index contributed by atoms with van der Waals surface area (Å²) in [5, 5.41) is 9.54. The minimum atomic E-state index is -1.17. The van der Waals surface area contributed by atoms with Crippen LogP contribution in [0.15, 0.2) is 30.3 Å². The van der Waals surface area contributed by atoms with Crippen molar-refractivity contribution < 1.29 is 9.90 Å². The van der Waals surface area contributed by atoms with Gasteiger partial charge in [0.2, 0.25) is 0 Å². The standard InChI is InChI=1S/C23H37ClO2/c1-2-3-4-5-6-7-8-9-10-11-12-16-19-23(24,22(25)26)20-21-17-14-13-15-18-21/h13-15,17-18H,2-12,16,19-20H2,1H3,(H,25,26). The van der Waals surface area contributed by atoms with Crippen LogP contribution in [-0.4, -0.2) is 16.0 Å². The molecule has 3 heteroatoms. The van der Waals surface area contributed by atoms with Gasteiger partial charge in [0, 0.05) is 6.42 Å². The zero-order chi connectivity index (χ0) is 19.1. The van der Waals surface area contributed by atoms with Gasteiger partial charge < -0.3 is 5.11 Å². The lowest BCUT2D eigenvalue weighted by Crippen LogP contribution is -2.34. The summed E-state index contributed by atoms with van der Waals surface area (Å²) >= 11 is 6.44.